The van der Waals surface area contributed by atoms with E-state index in [-0.39, 0.29) is 0 Å². The van der Waals surface area contributed by atoms with Gasteiger partial charge in [-0.3, -0.25) is 9.97 Å². The molecule has 0 aromatic carbocycles. The summed E-state index contributed by atoms with van der Waals surface area (Å²) < 4.78 is 5.39. The third-order valence-corrected chi connectivity index (χ3v) is 3.56. The Hall–Kier alpha value is -1.04. The van der Waals surface area contributed by atoms with Crippen LogP contribution >= 0.6 is 24.1 Å². The minimum Gasteiger partial charge on any atom is -0.260 e. The van der Waals surface area contributed by atoms with E-state index >= 15 is 0 Å². The summed E-state index contributed by atoms with van der Waals surface area (Å²) in [6.07, 6.45) is 3.58. The zero-order valence-corrected chi connectivity index (χ0v) is 10.8. The smallest absolute Gasteiger partial charge is 0.0634 e. The predicted molar refractivity (Wildman–Crippen MR) is 72.1 cm³/mol. The third-order valence-electron chi connectivity index (χ3n) is 1.96. The van der Waals surface area contributed by atoms with E-state index in [4.69, 9.17) is 3.63 Å². The van der Waals surface area contributed by atoms with Gasteiger partial charge in [0.1, 0.15) is 0 Å². The monoisotopic (exact) mass is 264 g/mol. The molecule has 0 aliphatic rings. The largest absolute Gasteiger partial charge is 0.260 e. The Balaban J connectivity index is 1.61. The summed E-state index contributed by atoms with van der Waals surface area (Å²) in [5, 5.41) is 0. The van der Waals surface area contributed by atoms with Crippen LogP contribution in [-0.4, -0.2) is 9.97 Å². The topological polar surface area (TPSA) is 35.0 Å². The molecule has 2 heterocycles. The van der Waals surface area contributed by atoms with Crippen molar-refractivity contribution < 1.29 is 3.63 Å². The van der Waals surface area contributed by atoms with Crippen LogP contribution in [0.3, 0.4) is 0 Å². The Labute approximate surface area is 109 Å². The van der Waals surface area contributed by atoms with Crippen LogP contribution in [0, 0.1) is 0 Å². The maximum Gasteiger partial charge on any atom is 0.0634 e. The van der Waals surface area contributed by atoms with Crippen LogP contribution in [0.15, 0.2) is 48.8 Å². The minimum absolute atomic E-state index is 0.760. The molecule has 0 atom stereocenters. The lowest BCUT2D eigenvalue weighted by atomic mass is 10.4. The van der Waals surface area contributed by atoms with Gasteiger partial charge in [0.05, 0.1) is 22.9 Å². The van der Waals surface area contributed by atoms with Crippen molar-refractivity contribution in [1.29, 1.82) is 0 Å². The van der Waals surface area contributed by atoms with Crippen LogP contribution in [0.5, 0.6) is 0 Å². The normalized spacial score (nSPS) is 10.4. The van der Waals surface area contributed by atoms with Crippen LogP contribution in [0.25, 0.3) is 0 Å². The van der Waals surface area contributed by atoms with Crippen LogP contribution in [-0.2, 0) is 15.1 Å². The number of hydrogen-bond acceptors (Lipinski definition) is 5. The predicted octanol–water partition coefficient (Wildman–Crippen LogP) is 3.49. The van der Waals surface area contributed by atoms with Gasteiger partial charge in [0.25, 0.3) is 0 Å². The van der Waals surface area contributed by atoms with Crippen molar-refractivity contribution in [2.45, 2.75) is 11.5 Å². The summed E-state index contributed by atoms with van der Waals surface area (Å²) in [6.45, 7) is 0. The van der Waals surface area contributed by atoms with E-state index in [0.717, 1.165) is 22.9 Å². The van der Waals surface area contributed by atoms with E-state index in [1.165, 1.54) is 24.1 Å². The Morgan fingerprint density at radius 3 is 1.76 bits per heavy atom. The third kappa shape index (κ3) is 4.77. The highest BCUT2D eigenvalue weighted by Crippen LogP contribution is 2.21. The number of nitrogens with zero attached hydrogens (tertiary/aromatic N) is 2. The average molecular weight is 264 g/mol. The maximum atomic E-state index is 5.39. The van der Waals surface area contributed by atoms with E-state index in [0.29, 0.717) is 0 Å². The van der Waals surface area contributed by atoms with Crippen molar-refractivity contribution >= 4 is 24.1 Å². The average Bonchev–Trinajstić information content (AvgIpc) is 2.41. The van der Waals surface area contributed by atoms with Gasteiger partial charge >= 0.3 is 0 Å². The van der Waals surface area contributed by atoms with Crippen LogP contribution < -0.4 is 0 Å². The molecule has 0 radical (unpaired) electrons. The van der Waals surface area contributed by atoms with Gasteiger partial charge in [-0.1, -0.05) is 12.1 Å². The Kier molecular flexibility index (Phi) is 5.35. The first-order valence-electron chi connectivity index (χ1n) is 5.16. The molecule has 0 bridgehead atoms. The van der Waals surface area contributed by atoms with E-state index in [1.807, 2.05) is 36.4 Å². The van der Waals surface area contributed by atoms with E-state index < -0.39 is 0 Å². The maximum absolute atomic E-state index is 5.39. The first-order chi connectivity index (χ1) is 8.45. The lowest BCUT2D eigenvalue weighted by Gasteiger charge is -2.01. The summed E-state index contributed by atoms with van der Waals surface area (Å²) in [6, 6.07) is 11.7. The molecule has 2 aromatic rings. The second-order valence-corrected chi connectivity index (χ2v) is 4.83. The van der Waals surface area contributed by atoms with Crippen LogP contribution in [0.2, 0.25) is 0 Å². The summed E-state index contributed by atoms with van der Waals surface area (Å²) in [5.74, 6) is 1.52. The first kappa shape index (κ1) is 12.4. The highest BCUT2D eigenvalue weighted by molar-refractivity contribution is 8.07. The highest BCUT2D eigenvalue weighted by Gasteiger charge is 1.97. The molecule has 0 fully saturated rings. The van der Waals surface area contributed by atoms with Gasteiger partial charge in [-0.05, 0) is 24.3 Å². The fourth-order valence-corrected chi connectivity index (χ4v) is 2.41. The van der Waals surface area contributed by atoms with Gasteiger partial charge in [-0.25, -0.2) is 3.63 Å². The summed E-state index contributed by atoms with van der Waals surface area (Å²) in [4.78, 5) is 8.42. The van der Waals surface area contributed by atoms with Crippen molar-refractivity contribution in [3.63, 3.8) is 0 Å². The van der Waals surface area contributed by atoms with Crippen molar-refractivity contribution in [3.8, 4) is 0 Å². The van der Waals surface area contributed by atoms with Crippen LogP contribution in [0.1, 0.15) is 11.4 Å². The molecule has 3 nitrogen and oxygen atoms in total. The number of aromatic nitrogens is 2. The number of rotatable bonds is 6. The fraction of sp³-hybridized carbons (Fsp3) is 0.167. The molecule has 2 rings (SSSR count). The Morgan fingerprint density at radius 2 is 1.35 bits per heavy atom. The van der Waals surface area contributed by atoms with Gasteiger partial charge < -0.3 is 0 Å². The molecule has 2 aromatic heterocycles. The van der Waals surface area contributed by atoms with Crippen molar-refractivity contribution in [2.75, 3.05) is 0 Å². The molecular weight excluding hydrogens is 252 g/mol. The van der Waals surface area contributed by atoms with Gasteiger partial charge in [0.15, 0.2) is 0 Å². The number of hydrogen-bond donors (Lipinski definition) is 0. The first-order valence-corrected chi connectivity index (χ1v) is 6.98. The molecule has 0 aliphatic carbocycles. The SMILES string of the molecule is c1ccc(CSOSCc2ccccn2)nc1. The molecule has 0 spiro atoms. The standard InChI is InChI=1S/C12H12N2OS2/c1-3-7-13-11(5-1)9-16-15-17-10-12-6-2-4-8-14-12/h1-8H,9-10H2. The van der Waals surface area contributed by atoms with Crippen molar-refractivity contribution in [2.24, 2.45) is 0 Å². The number of pyridine rings is 2. The minimum atomic E-state index is 0.760. The van der Waals surface area contributed by atoms with Crippen LogP contribution in [0.4, 0.5) is 0 Å². The molecule has 17 heavy (non-hydrogen) atoms. The Bertz CT molecular complexity index is 384. The molecular formula is C12H12N2OS2. The lowest BCUT2D eigenvalue weighted by Crippen LogP contribution is -1.86. The van der Waals surface area contributed by atoms with Crippen molar-refractivity contribution in [1.82, 2.24) is 9.97 Å². The molecule has 5 heteroatoms. The molecule has 0 saturated heterocycles. The van der Waals surface area contributed by atoms with Gasteiger partial charge in [-0.2, -0.15) is 0 Å². The summed E-state index contributed by atoms with van der Waals surface area (Å²) in [7, 11) is 0. The molecule has 0 amide bonds. The fourth-order valence-electron chi connectivity index (χ4n) is 1.17. The second kappa shape index (κ2) is 7.32. The summed E-state index contributed by atoms with van der Waals surface area (Å²) >= 11 is 2.80. The molecule has 0 aliphatic heterocycles. The zero-order valence-electron chi connectivity index (χ0n) is 9.15. The zero-order chi connectivity index (χ0) is 11.8. The molecule has 0 saturated carbocycles. The van der Waals surface area contributed by atoms with Crippen molar-refractivity contribution in [3.05, 3.63) is 60.2 Å². The molecule has 0 unspecified atom stereocenters. The molecule has 88 valence electrons. The van der Waals surface area contributed by atoms with E-state index in [1.54, 1.807) is 12.4 Å². The van der Waals surface area contributed by atoms with Gasteiger partial charge in [0.2, 0.25) is 0 Å². The van der Waals surface area contributed by atoms with Gasteiger partial charge in [0, 0.05) is 36.5 Å². The van der Waals surface area contributed by atoms with E-state index in [2.05, 4.69) is 9.97 Å². The lowest BCUT2D eigenvalue weighted by molar-refractivity contribution is 0.753. The summed E-state index contributed by atoms with van der Waals surface area (Å²) in [5.41, 5.74) is 2.05. The van der Waals surface area contributed by atoms with Gasteiger partial charge in [-0.15, -0.1) is 0 Å². The highest BCUT2D eigenvalue weighted by atomic mass is 32.2. The van der Waals surface area contributed by atoms with E-state index in [9.17, 15) is 0 Å². The Morgan fingerprint density at radius 1 is 0.824 bits per heavy atom. The quantitative estimate of drug-likeness (QED) is 0.589. The second-order valence-electron chi connectivity index (χ2n) is 3.23. The molecule has 0 N–H and O–H groups in total.